The van der Waals surface area contributed by atoms with Crippen LogP contribution in [0.2, 0.25) is 0 Å². The maximum absolute atomic E-state index is 5.78. The molecule has 0 fully saturated rings. The van der Waals surface area contributed by atoms with Crippen LogP contribution in [0.25, 0.3) is 0 Å². The Morgan fingerprint density at radius 1 is 1.50 bits per heavy atom. The summed E-state index contributed by atoms with van der Waals surface area (Å²) in [7, 11) is 0. The van der Waals surface area contributed by atoms with Gasteiger partial charge in [-0.15, -0.1) is 11.3 Å². The first kappa shape index (κ1) is 13.5. The number of nitrogens with one attached hydrogen (secondary N) is 1. The maximum Gasteiger partial charge on any atom is 0.0489 e. The first-order valence-corrected chi connectivity index (χ1v) is 6.68. The Morgan fingerprint density at radius 2 is 2.31 bits per heavy atom. The average molecular weight is 242 g/mol. The molecule has 92 valence electrons. The lowest BCUT2D eigenvalue weighted by molar-refractivity contribution is 0.108. The zero-order valence-corrected chi connectivity index (χ0v) is 11.0. The zero-order valence-electron chi connectivity index (χ0n) is 10.2. The fourth-order valence-electron chi connectivity index (χ4n) is 1.31. The van der Waals surface area contributed by atoms with Gasteiger partial charge in [0.25, 0.3) is 0 Å². The summed E-state index contributed by atoms with van der Waals surface area (Å²) < 4.78 is 5.49. The van der Waals surface area contributed by atoms with Crippen LogP contribution in [0.1, 0.15) is 25.1 Å². The molecule has 3 N–H and O–H groups in total. The molecule has 0 radical (unpaired) electrons. The fraction of sp³-hybridized carbons (Fsp3) is 0.667. The summed E-state index contributed by atoms with van der Waals surface area (Å²) in [5.74, 6) is 0.624. The minimum Gasteiger partial charge on any atom is -0.398 e. The number of hydrogen-bond acceptors (Lipinski definition) is 4. The summed E-state index contributed by atoms with van der Waals surface area (Å²) in [4.78, 5) is 1.23. The van der Waals surface area contributed by atoms with Gasteiger partial charge >= 0.3 is 0 Å². The van der Waals surface area contributed by atoms with Gasteiger partial charge in [0, 0.05) is 30.3 Å². The minimum absolute atomic E-state index is 0.624. The summed E-state index contributed by atoms with van der Waals surface area (Å²) in [6.07, 6.45) is 1.05. The molecule has 1 heterocycles. The molecule has 1 rings (SSSR count). The lowest BCUT2D eigenvalue weighted by Gasteiger charge is -2.07. The summed E-state index contributed by atoms with van der Waals surface area (Å²) in [5.41, 5.74) is 6.68. The molecule has 0 aliphatic carbocycles. The first-order valence-electron chi connectivity index (χ1n) is 5.80. The van der Waals surface area contributed by atoms with Crippen molar-refractivity contribution in [2.24, 2.45) is 5.92 Å². The van der Waals surface area contributed by atoms with Crippen LogP contribution in [0.4, 0.5) is 5.69 Å². The Balaban J connectivity index is 1.94. The molecule has 0 saturated heterocycles. The number of ether oxygens (including phenoxy) is 1. The number of nitrogen functional groups attached to an aromatic ring is 1. The van der Waals surface area contributed by atoms with Gasteiger partial charge in [0.1, 0.15) is 0 Å². The third-order valence-corrected chi connectivity index (χ3v) is 3.10. The highest BCUT2D eigenvalue weighted by molar-refractivity contribution is 7.10. The van der Waals surface area contributed by atoms with Gasteiger partial charge in [-0.1, -0.05) is 13.8 Å². The number of hydrogen-bond donors (Lipinski definition) is 2. The van der Waals surface area contributed by atoms with Crippen molar-refractivity contribution >= 4 is 17.0 Å². The van der Waals surface area contributed by atoms with Crippen molar-refractivity contribution in [3.8, 4) is 0 Å². The van der Waals surface area contributed by atoms with Gasteiger partial charge < -0.3 is 15.8 Å². The minimum atomic E-state index is 0.624. The largest absolute Gasteiger partial charge is 0.398 e. The normalized spacial score (nSPS) is 11.2. The van der Waals surface area contributed by atoms with E-state index in [4.69, 9.17) is 10.5 Å². The standard InChI is InChI=1S/C12H22N2OS/c1-10(2)9-15-6-3-5-14-8-12-11(13)4-7-16-12/h4,7,10,14H,3,5-6,8-9,13H2,1-2H3. The number of rotatable bonds is 8. The topological polar surface area (TPSA) is 47.3 Å². The van der Waals surface area contributed by atoms with Gasteiger partial charge in [-0.25, -0.2) is 0 Å². The Morgan fingerprint density at radius 3 is 2.94 bits per heavy atom. The molecular formula is C12H22N2OS. The van der Waals surface area contributed by atoms with Crippen LogP contribution in [-0.4, -0.2) is 19.8 Å². The quantitative estimate of drug-likeness (QED) is 0.689. The van der Waals surface area contributed by atoms with Crippen molar-refractivity contribution in [2.75, 3.05) is 25.5 Å². The van der Waals surface area contributed by atoms with Gasteiger partial charge in [-0.3, -0.25) is 0 Å². The van der Waals surface area contributed by atoms with Crippen molar-refractivity contribution in [3.63, 3.8) is 0 Å². The highest BCUT2D eigenvalue weighted by atomic mass is 32.1. The van der Waals surface area contributed by atoms with E-state index < -0.39 is 0 Å². The van der Waals surface area contributed by atoms with Crippen LogP contribution in [0.3, 0.4) is 0 Å². The van der Waals surface area contributed by atoms with Gasteiger partial charge in [-0.05, 0) is 30.3 Å². The third kappa shape index (κ3) is 5.49. The van der Waals surface area contributed by atoms with Crippen LogP contribution in [0.15, 0.2) is 11.4 Å². The van der Waals surface area contributed by atoms with E-state index in [-0.39, 0.29) is 0 Å². The molecule has 0 atom stereocenters. The zero-order chi connectivity index (χ0) is 11.8. The van der Waals surface area contributed by atoms with E-state index in [1.54, 1.807) is 11.3 Å². The molecule has 1 aromatic heterocycles. The first-order chi connectivity index (χ1) is 7.70. The van der Waals surface area contributed by atoms with Crippen molar-refractivity contribution in [3.05, 3.63) is 16.3 Å². The molecule has 0 spiro atoms. The molecule has 0 aromatic carbocycles. The second-order valence-electron chi connectivity index (χ2n) is 4.30. The van der Waals surface area contributed by atoms with Crippen molar-refractivity contribution in [1.29, 1.82) is 0 Å². The molecule has 0 amide bonds. The fourth-order valence-corrected chi connectivity index (χ4v) is 2.08. The highest BCUT2D eigenvalue weighted by Crippen LogP contribution is 2.17. The van der Waals surface area contributed by atoms with E-state index >= 15 is 0 Å². The van der Waals surface area contributed by atoms with Gasteiger partial charge in [0.2, 0.25) is 0 Å². The lowest BCUT2D eigenvalue weighted by Crippen LogP contribution is -2.16. The molecule has 0 bridgehead atoms. The third-order valence-electron chi connectivity index (χ3n) is 2.16. The molecule has 3 nitrogen and oxygen atoms in total. The van der Waals surface area contributed by atoms with Crippen molar-refractivity contribution < 1.29 is 4.74 Å². The molecule has 0 saturated carbocycles. The average Bonchev–Trinajstić information content (AvgIpc) is 2.62. The van der Waals surface area contributed by atoms with Crippen molar-refractivity contribution in [2.45, 2.75) is 26.8 Å². The number of anilines is 1. The molecule has 0 unspecified atom stereocenters. The molecule has 16 heavy (non-hydrogen) atoms. The number of thiophene rings is 1. The summed E-state index contributed by atoms with van der Waals surface area (Å²) in [5, 5.41) is 5.39. The second kappa shape index (κ2) is 7.65. The van der Waals surface area contributed by atoms with Crippen LogP contribution in [-0.2, 0) is 11.3 Å². The summed E-state index contributed by atoms with van der Waals surface area (Å²) in [6, 6.07) is 1.95. The Labute approximate surface area is 102 Å². The lowest BCUT2D eigenvalue weighted by atomic mass is 10.2. The SMILES string of the molecule is CC(C)COCCCNCc1sccc1N. The Hall–Kier alpha value is -0.580. The van der Waals surface area contributed by atoms with E-state index in [1.807, 2.05) is 11.4 Å². The number of nitrogens with two attached hydrogens (primary N) is 1. The van der Waals surface area contributed by atoms with E-state index in [2.05, 4.69) is 19.2 Å². The molecule has 0 aliphatic rings. The van der Waals surface area contributed by atoms with Crippen LogP contribution in [0.5, 0.6) is 0 Å². The monoisotopic (exact) mass is 242 g/mol. The smallest absolute Gasteiger partial charge is 0.0489 e. The molecule has 4 heteroatoms. The van der Waals surface area contributed by atoms with Gasteiger partial charge in [0.05, 0.1) is 0 Å². The predicted molar refractivity (Wildman–Crippen MR) is 70.7 cm³/mol. The van der Waals surface area contributed by atoms with E-state index in [9.17, 15) is 0 Å². The van der Waals surface area contributed by atoms with Crippen LogP contribution in [0, 0.1) is 5.92 Å². The highest BCUT2D eigenvalue weighted by Gasteiger charge is 1.99. The van der Waals surface area contributed by atoms with E-state index in [0.717, 1.165) is 38.4 Å². The maximum atomic E-state index is 5.78. The summed E-state index contributed by atoms with van der Waals surface area (Å²) in [6.45, 7) is 7.88. The Kier molecular flexibility index (Phi) is 6.45. The van der Waals surface area contributed by atoms with Crippen LogP contribution >= 0.6 is 11.3 Å². The molecular weight excluding hydrogens is 220 g/mol. The van der Waals surface area contributed by atoms with Crippen molar-refractivity contribution in [1.82, 2.24) is 5.32 Å². The van der Waals surface area contributed by atoms with E-state index in [1.165, 1.54) is 4.88 Å². The second-order valence-corrected chi connectivity index (χ2v) is 5.30. The Bertz CT molecular complexity index is 286. The molecule has 1 aromatic rings. The van der Waals surface area contributed by atoms with E-state index in [0.29, 0.717) is 5.92 Å². The van der Waals surface area contributed by atoms with Gasteiger partial charge in [-0.2, -0.15) is 0 Å². The predicted octanol–water partition coefficient (Wildman–Crippen LogP) is 2.48. The molecule has 0 aliphatic heterocycles. The van der Waals surface area contributed by atoms with Gasteiger partial charge in [0.15, 0.2) is 0 Å². The summed E-state index contributed by atoms with van der Waals surface area (Å²) >= 11 is 1.70. The van der Waals surface area contributed by atoms with Crippen LogP contribution < -0.4 is 11.1 Å².